The Morgan fingerprint density at radius 3 is 2.84 bits per heavy atom. The van der Waals surface area contributed by atoms with Crippen LogP contribution in [-0.2, 0) is 12.4 Å². The van der Waals surface area contributed by atoms with Gasteiger partial charge in [-0.3, -0.25) is 0 Å². The van der Waals surface area contributed by atoms with E-state index in [0.29, 0.717) is 17.3 Å². The van der Waals surface area contributed by atoms with Crippen LogP contribution in [0.25, 0.3) is 11.0 Å². The van der Waals surface area contributed by atoms with Gasteiger partial charge in [0, 0.05) is 12.6 Å². The molecule has 0 radical (unpaired) electrons. The molecule has 0 saturated heterocycles. The lowest BCUT2D eigenvalue weighted by molar-refractivity contribution is 0.431. The lowest BCUT2D eigenvalue weighted by Crippen LogP contribution is -2.11. The molecule has 3 rings (SSSR count). The molecule has 0 N–H and O–H groups in total. The summed E-state index contributed by atoms with van der Waals surface area (Å²) >= 11 is 11.8. The molecule has 1 unspecified atom stereocenters. The van der Waals surface area contributed by atoms with E-state index in [1.165, 1.54) is 18.9 Å². The number of hydrogen-bond acceptors (Lipinski definition) is 1. The zero-order valence-corrected chi connectivity index (χ0v) is 12.2. The van der Waals surface area contributed by atoms with Crippen LogP contribution in [0.4, 0.5) is 4.39 Å². The molecule has 0 aliphatic heterocycles. The molecule has 5 heteroatoms. The second-order valence-electron chi connectivity index (χ2n) is 5.34. The highest BCUT2D eigenvalue weighted by molar-refractivity contribution is 6.31. The van der Waals surface area contributed by atoms with Crippen LogP contribution in [-0.4, -0.2) is 9.55 Å². The molecule has 1 aliphatic carbocycles. The van der Waals surface area contributed by atoms with E-state index in [9.17, 15) is 4.39 Å². The van der Waals surface area contributed by atoms with Crippen molar-refractivity contribution >= 4 is 34.2 Å². The third kappa shape index (κ3) is 2.46. The number of fused-ring (bicyclic) bond motifs is 1. The van der Waals surface area contributed by atoms with Crippen molar-refractivity contribution in [2.45, 2.75) is 32.2 Å². The van der Waals surface area contributed by atoms with Crippen LogP contribution < -0.4 is 0 Å². The first-order chi connectivity index (χ1) is 9.10. The molecule has 2 aromatic rings. The first-order valence-electron chi connectivity index (χ1n) is 6.50. The summed E-state index contributed by atoms with van der Waals surface area (Å²) in [6.45, 7) is 3.11. The van der Waals surface area contributed by atoms with E-state index in [2.05, 4.69) is 16.5 Å². The van der Waals surface area contributed by atoms with Gasteiger partial charge in [-0.25, -0.2) is 9.37 Å². The highest BCUT2D eigenvalue weighted by Gasteiger charge is 2.29. The van der Waals surface area contributed by atoms with Crippen molar-refractivity contribution in [3.8, 4) is 0 Å². The van der Waals surface area contributed by atoms with E-state index in [4.69, 9.17) is 23.2 Å². The van der Waals surface area contributed by atoms with Gasteiger partial charge < -0.3 is 4.57 Å². The first kappa shape index (κ1) is 13.2. The van der Waals surface area contributed by atoms with Crippen LogP contribution in [0, 0.1) is 17.7 Å². The zero-order valence-electron chi connectivity index (χ0n) is 10.7. The predicted molar refractivity (Wildman–Crippen MR) is 76.1 cm³/mol. The minimum atomic E-state index is -0.435. The first-order valence-corrected chi connectivity index (χ1v) is 7.41. The Morgan fingerprint density at radius 2 is 2.21 bits per heavy atom. The number of halogens is 3. The Bertz CT molecular complexity index is 619. The summed E-state index contributed by atoms with van der Waals surface area (Å²) in [6.07, 6.45) is 2.61. The van der Waals surface area contributed by atoms with Gasteiger partial charge >= 0.3 is 0 Å². The number of aromatic nitrogens is 2. The molecular formula is C14H15Cl2FN2. The molecule has 0 amide bonds. The van der Waals surface area contributed by atoms with Crippen LogP contribution in [0.5, 0.6) is 0 Å². The molecule has 1 atom stereocenters. The molecule has 1 fully saturated rings. The van der Waals surface area contributed by atoms with Crippen molar-refractivity contribution in [2.75, 3.05) is 0 Å². The molecule has 0 bridgehead atoms. The van der Waals surface area contributed by atoms with Gasteiger partial charge in [0.15, 0.2) is 0 Å². The maximum Gasteiger partial charge on any atom is 0.144 e. The third-order valence-corrected chi connectivity index (χ3v) is 4.41. The summed E-state index contributed by atoms with van der Waals surface area (Å²) in [5, 5.41) is 0.133. The molecule has 2 nitrogen and oxygen atoms in total. The van der Waals surface area contributed by atoms with Crippen LogP contribution in [0.2, 0.25) is 5.02 Å². The van der Waals surface area contributed by atoms with Crippen molar-refractivity contribution in [1.82, 2.24) is 9.55 Å². The summed E-state index contributed by atoms with van der Waals surface area (Å²) in [4.78, 5) is 4.40. The number of benzene rings is 1. The topological polar surface area (TPSA) is 17.8 Å². The molecule has 0 spiro atoms. The maximum absolute atomic E-state index is 13.5. The van der Waals surface area contributed by atoms with Gasteiger partial charge in [-0.2, -0.15) is 0 Å². The van der Waals surface area contributed by atoms with Crippen molar-refractivity contribution in [3.05, 3.63) is 28.8 Å². The minimum absolute atomic E-state index is 0.133. The summed E-state index contributed by atoms with van der Waals surface area (Å²) in [5.41, 5.74) is 1.50. The number of alkyl halides is 1. The number of rotatable bonds is 4. The summed E-state index contributed by atoms with van der Waals surface area (Å²) in [5.74, 6) is 2.06. The van der Waals surface area contributed by atoms with Crippen molar-refractivity contribution in [3.63, 3.8) is 0 Å². The fourth-order valence-electron chi connectivity index (χ4n) is 2.58. The summed E-state index contributed by atoms with van der Waals surface area (Å²) in [6, 6.07) is 3.03. The summed E-state index contributed by atoms with van der Waals surface area (Å²) < 4.78 is 15.6. The average molecular weight is 301 g/mol. The number of imidazole rings is 1. The maximum atomic E-state index is 13.5. The average Bonchev–Trinajstić information content (AvgIpc) is 3.17. The van der Waals surface area contributed by atoms with Gasteiger partial charge in [0.1, 0.15) is 11.6 Å². The Kier molecular flexibility index (Phi) is 3.44. The minimum Gasteiger partial charge on any atom is -0.327 e. The molecule has 1 heterocycles. The molecule has 1 saturated carbocycles. The standard InChI is InChI=1S/C14H15Cl2FN2/c1-8(9-2-3-9)7-19-13-4-10(16)11(17)5-12(13)18-14(19)6-15/h4-5,8-9H,2-3,6-7H2,1H3. The van der Waals surface area contributed by atoms with Crippen LogP contribution in [0.15, 0.2) is 12.1 Å². The number of nitrogens with zero attached hydrogens (tertiary/aromatic N) is 2. The fourth-order valence-corrected chi connectivity index (χ4v) is 2.94. The molecule has 1 aromatic carbocycles. The molecule has 1 aliphatic rings. The van der Waals surface area contributed by atoms with Gasteiger partial charge in [0.25, 0.3) is 0 Å². The van der Waals surface area contributed by atoms with Gasteiger partial charge in [-0.15, -0.1) is 11.6 Å². The smallest absolute Gasteiger partial charge is 0.144 e. The highest BCUT2D eigenvalue weighted by atomic mass is 35.5. The van der Waals surface area contributed by atoms with Crippen molar-refractivity contribution in [1.29, 1.82) is 0 Å². The van der Waals surface area contributed by atoms with E-state index in [1.54, 1.807) is 6.07 Å². The van der Waals surface area contributed by atoms with Gasteiger partial charge in [-0.1, -0.05) is 18.5 Å². The Labute approximate surface area is 121 Å². The van der Waals surface area contributed by atoms with Crippen molar-refractivity contribution < 1.29 is 4.39 Å². The monoisotopic (exact) mass is 300 g/mol. The fraction of sp³-hybridized carbons (Fsp3) is 0.500. The molecular weight excluding hydrogens is 286 g/mol. The highest BCUT2D eigenvalue weighted by Crippen LogP contribution is 2.38. The van der Waals surface area contributed by atoms with E-state index in [1.807, 2.05) is 0 Å². The van der Waals surface area contributed by atoms with E-state index >= 15 is 0 Å². The Morgan fingerprint density at radius 1 is 1.47 bits per heavy atom. The lowest BCUT2D eigenvalue weighted by atomic mass is 10.1. The van der Waals surface area contributed by atoms with Crippen LogP contribution in [0.1, 0.15) is 25.6 Å². The second-order valence-corrected chi connectivity index (χ2v) is 6.02. The Hall–Kier alpha value is -0.800. The van der Waals surface area contributed by atoms with Gasteiger partial charge in [0.2, 0.25) is 0 Å². The molecule has 1 aromatic heterocycles. The summed E-state index contributed by atoms with van der Waals surface area (Å²) in [7, 11) is 0. The van der Waals surface area contributed by atoms with E-state index < -0.39 is 5.82 Å². The Balaban J connectivity index is 2.06. The molecule has 102 valence electrons. The predicted octanol–water partition coefficient (Wildman–Crippen LogP) is 4.61. The van der Waals surface area contributed by atoms with Gasteiger partial charge in [0.05, 0.1) is 21.9 Å². The molecule has 19 heavy (non-hydrogen) atoms. The van der Waals surface area contributed by atoms with Crippen LogP contribution >= 0.6 is 23.2 Å². The second kappa shape index (κ2) is 4.95. The largest absolute Gasteiger partial charge is 0.327 e. The number of hydrogen-bond donors (Lipinski definition) is 0. The SMILES string of the molecule is CC(Cn1c(CCl)nc2cc(F)c(Cl)cc21)C1CC1. The third-order valence-electron chi connectivity index (χ3n) is 3.89. The van der Waals surface area contributed by atoms with E-state index in [0.717, 1.165) is 23.8 Å². The quantitative estimate of drug-likeness (QED) is 0.754. The zero-order chi connectivity index (χ0) is 13.6. The normalized spacial score (nSPS) is 17.1. The van der Waals surface area contributed by atoms with Crippen LogP contribution in [0.3, 0.4) is 0 Å². The lowest BCUT2D eigenvalue weighted by Gasteiger charge is -2.14. The van der Waals surface area contributed by atoms with Crippen molar-refractivity contribution in [2.24, 2.45) is 11.8 Å². The van der Waals surface area contributed by atoms with E-state index in [-0.39, 0.29) is 5.02 Å². The van der Waals surface area contributed by atoms with Gasteiger partial charge in [-0.05, 0) is 30.7 Å².